The van der Waals surface area contributed by atoms with Crippen LogP contribution in [0.1, 0.15) is 15.9 Å². The fourth-order valence-corrected chi connectivity index (χ4v) is 3.05. The number of methoxy groups -OCH3 is 1. The monoisotopic (exact) mass is 295 g/mol. The lowest BCUT2D eigenvalue weighted by molar-refractivity contribution is 0.0593. The van der Waals surface area contributed by atoms with Gasteiger partial charge in [-0.2, -0.15) is 0 Å². The molecule has 1 N–H and O–H groups in total. The van der Waals surface area contributed by atoms with E-state index in [2.05, 4.69) is 4.74 Å². The largest absolute Gasteiger partial charge is 0.507 e. The maximum atomic E-state index is 11.7. The Hall–Kier alpha value is -0.870. The first kappa shape index (κ1) is 14.5. The highest BCUT2D eigenvalue weighted by molar-refractivity contribution is 7.98. The second-order valence-corrected chi connectivity index (χ2v) is 5.03. The Bertz CT molecular complexity index is 496. The molecule has 1 aliphatic carbocycles. The van der Waals surface area contributed by atoms with Gasteiger partial charge in [-0.15, -0.1) is 11.8 Å². The van der Waals surface area contributed by atoms with Gasteiger partial charge in [-0.1, -0.05) is 11.6 Å². The van der Waals surface area contributed by atoms with Crippen molar-refractivity contribution in [1.82, 2.24) is 0 Å². The summed E-state index contributed by atoms with van der Waals surface area (Å²) in [5, 5.41) is 10.5. The van der Waals surface area contributed by atoms with Crippen molar-refractivity contribution in [2.24, 2.45) is 0 Å². The Labute approximate surface area is 122 Å². The van der Waals surface area contributed by atoms with Crippen molar-refractivity contribution in [3.05, 3.63) is 53.8 Å². The van der Waals surface area contributed by atoms with Crippen molar-refractivity contribution < 1.29 is 14.6 Å². The van der Waals surface area contributed by atoms with E-state index >= 15 is 0 Å². The number of carbonyl (C=O) groups excluding carboxylic acids is 1. The molecule has 1 fully saturated rings. The number of benzene rings is 1. The van der Waals surface area contributed by atoms with Gasteiger partial charge in [0.25, 0.3) is 0 Å². The van der Waals surface area contributed by atoms with Gasteiger partial charge in [-0.3, -0.25) is 0 Å². The van der Waals surface area contributed by atoms with Crippen LogP contribution in [-0.4, -0.2) is 24.4 Å². The molecule has 0 heterocycles. The number of rotatable bonds is 3. The summed E-state index contributed by atoms with van der Waals surface area (Å²) in [4.78, 5) is 12.2. The minimum atomic E-state index is -0.599. The molecule has 0 bridgehead atoms. The van der Waals surface area contributed by atoms with E-state index in [1.807, 2.05) is 25.7 Å². The topological polar surface area (TPSA) is 46.5 Å². The number of thioether (sulfide) groups is 1. The van der Waals surface area contributed by atoms with Crippen molar-refractivity contribution in [1.29, 1.82) is 0 Å². The summed E-state index contributed by atoms with van der Waals surface area (Å²) < 4.78 is 4.67. The molecule has 99 valence electrons. The highest BCUT2D eigenvalue weighted by atomic mass is 35.5. The molecule has 0 aromatic heterocycles. The van der Waals surface area contributed by atoms with Crippen LogP contribution in [0.15, 0.2) is 11.0 Å². The standard InChI is InChI=1S/C14H12ClO3S/c1-18-14(17)11-10(16)7-9(8-5-3-4-6-8)12(15)13(11)19-2/h3-7,16H,1-2H3. The summed E-state index contributed by atoms with van der Waals surface area (Å²) in [6, 6.07) is 1.49. The Morgan fingerprint density at radius 2 is 2.00 bits per heavy atom. The van der Waals surface area contributed by atoms with E-state index in [-0.39, 0.29) is 11.3 Å². The summed E-state index contributed by atoms with van der Waals surface area (Å²) in [6.07, 6.45) is 9.35. The van der Waals surface area contributed by atoms with E-state index < -0.39 is 5.97 Å². The summed E-state index contributed by atoms with van der Waals surface area (Å²) in [6.45, 7) is 0. The molecule has 5 radical (unpaired) electrons. The van der Waals surface area contributed by atoms with Crippen molar-refractivity contribution in [2.45, 2.75) is 4.90 Å². The summed E-state index contributed by atoms with van der Waals surface area (Å²) in [7, 11) is 1.27. The first-order chi connectivity index (χ1) is 9.10. The average molecular weight is 296 g/mol. The second kappa shape index (κ2) is 6.06. The third-order valence-corrected chi connectivity index (χ3v) is 4.09. The van der Waals surface area contributed by atoms with Gasteiger partial charge in [-0.05, 0) is 43.6 Å². The molecule has 1 aromatic carbocycles. The van der Waals surface area contributed by atoms with Crippen LogP contribution in [0.5, 0.6) is 5.75 Å². The molecule has 0 unspecified atom stereocenters. The van der Waals surface area contributed by atoms with Gasteiger partial charge in [0.05, 0.1) is 12.1 Å². The highest BCUT2D eigenvalue weighted by Crippen LogP contribution is 2.43. The number of carbonyl (C=O) groups is 1. The van der Waals surface area contributed by atoms with Crippen LogP contribution in [0.3, 0.4) is 0 Å². The SMILES string of the molecule is COC(=O)c1c(O)cc([C]2[CH][CH][CH][CH]2)c(Cl)c1SC. The predicted molar refractivity (Wildman–Crippen MR) is 75.8 cm³/mol. The smallest absolute Gasteiger partial charge is 0.342 e. The minimum absolute atomic E-state index is 0.107. The normalized spacial score (nSPS) is 15.7. The Morgan fingerprint density at radius 3 is 2.53 bits per heavy atom. The molecule has 1 aliphatic rings. The third kappa shape index (κ3) is 2.70. The molecule has 1 saturated carbocycles. The molecular weight excluding hydrogens is 284 g/mol. The molecule has 1 aromatic rings. The Kier molecular flexibility index (Phi) is 4.63. The maximum Gasteiger partial charge on any atom is 0.342 e. The van der Waals surface area contributed by atoms with Gasteiger partial charge in [0.2, 0.25) is 0 Å². The first-order valence-corrected chi connectivity index (χ1v) is 7.10. The van der Waals surface area contributed by atoms with Gasteiger partial charge in [0.1, 0.15) is 11.3 Å². The van der Waals surface area contributed by atoms with Crippen molar-refractivity contribution in [3.8, 4) is 5.75 Å². The molecule has 5 heteroatoms. The molecule has 0 aliphatic heterocycles. The van der Waals surface area contributed by atoms with Gasteiger partial charge in [0, 0.05) is 10.8 Å². The number of hydrogen-bond donors (Lipinski definition) is 1. The zero-order chi connectivity index (χ0) is 14.0. The number of aromatic hydroxyl groups is 1. The lowest BCUT2D eigenvalue weighted by Crippen LogP contribution is -2.07. The van der Waals surface area contributed by atoms with Gasteiger partial charge < -0.3 is 9.84 Å². The van der Waals surface area contributed by atoms with Crippen molar-refractivity contribution in [2.75, 3.05) is 13.4 Å². The summed E-state index contributed by atoms with van der Waals surface area (Å²) in [5.41, 5.74) is 0.802. The lowest BCUT2D eigenvalue weighted by Gasteiger charge is -2.17. The van der Waals surface area contributed by atoms with E-state index in [0.29, 0.717) is 15.5 Å². The molecule has 0 spiro atoms. The molecule has 0 amide bonds. The van der Waals surface area contributed by atoms with Crippen LogP contribution in [0, 0.1) is 31.6 Å². The van der Waals surface area contributed by atoms with Crippen LogP contribution >= 0.6 is 23.4 Å². The van der Waals surface area contributed by atoms with E-state index in [4.69, 9.17) is 11.6 Å². The van der Waals surface area contributed by atoms with Crippen LogP contribution in [-0.2, 0) is 4.74 Å². The molecule has 0 atom stereocenters. The Balaban J connectivity index is 2.55. The summed E-state index contributed by atoms with van der Waals surface area (Å²) in [5.74, 6) is 0.168. The molecule has 3 nitrogen and oxygen atoms in total. The van der Waals surface area contributed by atoms with Gasteiger partial charge in [-0.25, -0.2) is 4.79 Å². The maximum absolute atomic E-state index is 11.7. The Morgan fingerprint density at radius 1 is 1.37 bits per heavy atom. The molecule has 2 rings (SSSR count). The van der Waals surface area contributed by atoms with Gasteiger partial charge in [0.15, 0.2) is 0 Å². The fraction of sp³-hybridized carbons (Fsp3) is 0.143. The molecule has 0 saturated heterocycles. The second-order valence-electron chi connectivity index (χ2n) is 3.83. The minimum Gasteiger partial charge on any atom is -0.507 e. The predicted octanol–water partition coefficient (Wildman–Crippen LogP) is 3.31. The van der Waals surface area contributed by atoms with Crippen molar-refractivity contribution >= 4 is 29.3 Å². The number of phenolic OH excluding ortho intramolecular Hbond substituents is 1. The first-order valence-electron chi connectivity index (χ1n) is 5.50. The number of hydrogen-bond acceptors (Lipinski definition) is 4. The van der Waals surface area contributed by atoms with Crippen LogP contribution in [0.2, 0.25) is 5.02 Å². The number of esters is 1. The third-order valence-electron chi connectivity index (χ3n) is 2.77. The summed E-state index contributed by atoms with van der Waals surface area (Å²) >= 11 is 7.64. The molecule has 19 heavy (non-hydrogen) atoms. The zero-order valence-electron chi connectivity index (χ0n) is 10.4. The van der Waals surface area contributed by atoms with Crippen LogP contribution in [0.4, 0.5) is 0 Å². The van der Waals surface area contributed by atoms with Crippen molar-refractivity contribution in [3.63, 3.8) is 0 Å². The lowest BCUT2D eigenvalue weighted by atomic mass is 9.96. The van der Waals surface area contributed by atoms with E-state index in [1.54, 1.807) is 6.26 Å². The van der Waals surface area contributed by atoms with E-state index in [1.165, 1.54) is 24.9 Å². The van der Waals surface area contributed by atoms with E-state index in [0.717, 1.165) is 5.92 Å². The highest BCUT2D eigenvalue weighted by Gasteiger charge is 2.28. The van der Waals surface area contributed by atoms with Gasteiger partial charge >= 0.3 is 5.97 Å². The quantitative estimate of drug-likeness (QED) is 0.686. The number of halogens is 1. The van der Waals surface area contributed by atoms with Crippen LogP contribution < -0.4 is 0 Å². The fourth-order valence-electron chi connectivity index (χ4n) is 1.88. The number of ether oxygens (including phenoxy) is 1. The number of phenols is 1. The van der Waals surface area contributed by atoms with Crippen LogP contribution in [0.25, 0.3) is 0 Å². The van der Waals surface area contributed by atoms with E-state index in [9.17, 15) is 9.90 Å². The molecular formula is C14H12ClO3S. The zero-order valence-corrected chi connectivity index (χ0v) is 12.0. The average Bonchev–Trinajstić information content (AvgIpc) is 2.93.